The molecule has 0 saturated carbocycles. The number of aromatic carboxylic acids is 1. The first-order chi connectivity index (χ1) is 7.13. The van der Waals surface area contributed by atoms with Gasteiger partial charge in [-0.25, -0.2) is 4.79 Å². The Bertz CT molecular complexity index is 324. The van der Waals surface area contributed by atoms with Crippen molar-refractivity contribution in [3.8, 4) is 0 Å². The SMILES string of the molecule is CCC(O)CNCc1ccc(C(=O)O)s1. The zero-order valence-electron chi connectivity index (χ0n) is 8.56. The maximum Gasteiger partial charge on any atom is 0.345 e. The van der Waals surface area contributed by atoms with E-state index in [2.05, 4.69) is 5.32 Å². The number of nitrogens with one attached hydrogen (secondary N) is 1. The maximum absolute atomic E-state index is 10.6. The van der Waals surface area contributed by atoms with Gasteiger partial charge in [-0.3, -0.25) is 0 Å². The first-order valence-corrected chi connectivity index (χ1v) is 5.66. The first-order valence-electron chi connectivity index (χ1n) is 4.84. The molecule has 1 aromatic heterocycles. The Morgan fingerprint density at radius 2 is 2.33 bits per heavy atom. The monoisotopic (exact) mass is 229 g/mol. The summed E-state index contributed by atoms with van der Waals surface area (Å²) in [6, 6.07) is 3.39. The van der Waals surface area contributed by atoms with Gasteiger partial charge in [0, 0.05) is 18.0 Å². The average molecular weight is 229 g/mol. The van der Waals surface area contributed by atoms with Gasteiger partial charge in [0.25, 0.3) is 0 Å². The van der Waals surface area contributed by atoms with Crippen LogP contribution in [0, 0.1) is 0 Å². The van der Waals surface area contributed by atoms with Crippen LogP contribution in [0.2, 0.25) is 0 Å². The third-order valence-electron chi connectivity index (χ3n) is 2.02. The lowest BCUT2D eigenvalue weighted by Gasteiger charge is -2.07. The largest absolute Gasteiger partial charge is 0.477 e. The lowest BCUT2D eigenvalue weighted by molar-refractivity contribution is 0.0702. The van der Waals surface area contributed by atoms with E-state index in [9.17, 15) is 9.90 Å². The summed E-state index contributed by atoms with van der Waals surface area (Å²) in [5.74, 6) is -0.889. The Labute approximate surface area is 92.6 Å². The number of rotatable bonds is 6. The highest BCUT2D eigenvalue weighted by Crippen LogP contribution is 2.15. The molecule has 1 unspecified atom stereocenters. The van der Waals surface area contributed by atoms with Crippen LogP contribution in [0.15, 0.2) is 12.1 Å². The van der Waals surface area contributed by atoms with Gasteiger partial charge in [-0.2, -0.15) is 0 Å². The number of hydrogen-bond donors (Lipinski definition) is 3. The molecule has 0 amide bonds. The molecule has 0 radical (unpaired) electrons. The summed E-state index contributed by atoms with van der Waals surface area (Å²) >= 11 is 1.26. The van der Waals surface area contributed by atoms with Crippen molar-refractivity contribution in [2.45, 2.75) is 26.0 Å². The van der Waals surface area contributed by atoms with Crippen LogP contribution >= 0.6 is 11.3 Å². The lowest BCUT2D eigenvalue weighted by atomic mass is 10.3. The summed E-state index contributed by atoms with van der Waals surface area (Å²) in [5, 5.41) is 21.0. The van der Waals surface area contributed by atoms with Crippen molar-refractivity contribution in [2.24, 2.45) is 0 Å². The minimum Gasteiger partial charge on any atom is -0.477 e. The van der Waals surface area contributed by atoms with Crippen LogP contribution in [0.3, 0.4) is 0 Å². The number of aliphatic hydroxyl groups is 1. The van der Waals surface area contributed by atoms with Gasteiger partial charge in [-0.05, 0) is 18.6 Å². The van der Waals surface area contributed by atoms with Crippen LogP contribution in [0.25, 0.3) is 0 Å². The first kappa shape index (κ1) is 12.2. The van der Waals surface area contributed by atoms with Gasteiger partial charge in [0.2, 0.25) is 0 Å². The molecule has 1 aromatic rings. The Balaban J connectivity index is 2.35. The zero-order valence-corrected chi connectivity index (χ0v) is 9.38. The van der Waals surface area contributed by atoms with Crippen molar-refractivity contribution in [3.05, 3.63) is 21.9 Å². The molecule has 0 fully saturated rings. The minimum absolute atomic E-state index is 0.330. The van der Waals surface area contributed by atoms with Crippen molar-refractivity contribution in [3.63, 3.8) is 0 Å². The molecule has 1 atom stereocenters. The van der Waals surface area contributed by atoms with E-state index in [0.29, 0.717) is 18.0 Å². The molecule has 0 spiro atoms. The van der Waals surface area contributed by atoms with E-state index >= 15 is 0 Å². The molecule has 84 valence electrons. The van der Waals surface area contributed by atoms with E-state index in [1.807, 2.05) is 6.92 Å². The molecule has 0 aliphatic rings. The molecule has 1 heterocycles. The van der Waals surface area contributed by atoms with E-state index < -0.39 is 5.97 Å². The smallest absolute Gasteiger partial charge is 0.345 e. The Kier molecular flexibility index (Phi) is 4.74. The van der Waals surface area contributed by atoms with E-state index in [1.165, 1.54) is 11.3 Å². The number of carboxylic acid groups (broad SMARTS) is 1. The molecule has 1 rings (SSSR count). The molecular formula is C10H15NO3S. The van der Waals surface area contributed by atoms with Crippen molar-refractivity contribution in [2.75, 3.05) is 6.54 Å². The van der Waals surface area contributed by atoms with Gasteiger partial charge in [-0.15, -0.1) is 11.3 Å². The summed E-state index contributed by atoms with van der Waals surface area (Å²) < 4.78 is 0. The van der Waals surface area contributed by atoms with Crippen LogP contribution in [0.5, 0.6) is 0 Å². The van der Waals surface area contributed by atoms with Crippen molar-refractivity contribution >= 4 is 17.3 Å². The van der Waals surface area contributed by atoms with Crippen molar-refractivity contribution in [1.82, 2.24) is 5.32 Å². The topological polar surface area (TPSA) is 69.6 Å². The van der Waals surface area contributed by atoms with Gasteiger partial charge >= 0.3 is 5.97 Å². The second-order valence-electron chi connectivity index (χ2n) is 3.26. The summed E-state index contributed by atoms with van der Waals surface area (Å²) in [5.41, 5.74) is 0. The third-order valence-corrected chi connectivity index (χ3v) is 3.10. The quantitative estimate of drug-likeness (QED) is 0.688. The third kappa shape index (κ3) is 3.99. The molecule has 0 bridgehead atoms. The number of hydrogen-bond acceptors (Lipinski definition) is 4. The molecular weight excluding hydrogens is 214 g/mol. The molecule has 5 heteroatoms. The van der Waals surface area contributed by atoms with Gasteiger partial charge in [-0.1, -0.05) is 6.92 Å². The van der Waals surface area contributed by atoms with Gasteiger partial charge in [0.1, 0.15) is 4.88 Å². The molecule has 0 aliphatic carbocycles. The summed E-state index contributed by atoms with van der Waals surface area (Å²) in [6.07, 6.45) is 0.390. The fourth-order valence-electron chi connectivity index (χ4n) is 1.09. The van der Waals surface area contributed by atoms with Crippen LogP contribution < -0.4 is 5.32 Å². The molecule has 0 aliphatic heterocycles. The Hall–Kier alpha value is -0.910. The minimum atomic E-state index is -0.889. The lowest BCUT2D eigenvalue weighted by Crippen LogP contribution is -2.25. The van der Waals surface area contributed by atoms with E-state index in [-0.39, 0.29) is 6.10 Å². The highest BCUT2D eigenvalue weighted by Gasteiger charge is 2.06. The van der Waals surface area contributed by atoms with Crippen LogP contribution in [0.1, 0.15) is 27.9 Å². The van der Waals surface area contributed by atoms with E-state index in [1.54, 1.807) is 12.1 Å². The number of aliphatic hydroxyl groups excluding tert-OH is 1. The highest BCUT2D eigenvalue weighted by atomic mass is 32.1. The molecule has 15 heavy (non-hydrogen) atoms. The fraction of sp³-hybridized carbons (Fsp3) is 0.500. The predicted octanol–water partition coefficient (Wildman–Crippen LogP) is 1.31. The standard InChI is InChI=1S/C10H15NO3S/c1-2-7(12)5-11-6-8-3-4-9(15-8)10(13)14/h3-4,7,11-12H,2,5-6H2,1H3,(H,13,14). The molecule has 0 aromatic carbocycles. The fourth-order valence-corrected chi connectivity index (χ4v) is 1.91. The maximum atomic E-state index is 10.6. The Morgan fingerprint density at radius 3 is 2.87 bits per heavy atom. The molecule has 3 N–H and O–H groups in total. The van der Waals surface area contributed by atoms with E-state index in [0.717, 1.165) is 11.3 Å². The normalized spacial score (nSPS) is 12.7. The number of thiophene rings is 1. The van der Waals surface area contributed by atoms with Crippen molar-refractivity contribution in [1.29, 1.82) is 0 Å². The zero-order chi connectivity index (χ0) is 11.3. The molecule has 4 nitrogen and oxygen atoms in total. The predicted molar refractivity (Wildman–Crippen MR) is 59.3 cm³/mol. The van der Waals surface area contributed by atoms with Gasteiger partial charge < -0.3 is 15.5 Å². The van der Waals surface area contributed by atoms with Crippen molar-refractivity contribution < 1.29 is 15.0 Å². The second kappa shape index (κ2) is 5.85. The average Bonchev–Trinajstić information content (AvgIpc) is 2.66. The van der Waals surface area contributed by atoms with Gasteiger partial charge in [0.15, 0.2) is 0 Å². The van der Waals surface area contributed by atoms with Crippen LogP contribution in [-0.4, -0.2) is 28.8 Å². The number of carboxylic acids is 1. The van der Waals surface area contributed by atoms with Crippen LogP contribution in [0.4, 0.5) is 0 Å². The van der Waals surface area contributed by atoms with Crippen LogP contribution in [-0.2, 0) is 6.54 Å². The highest BCUT2D eigenvalue weighted by molar-refractivity contribution is 7.13. The van der Waals surface area contributed by atoms with Gasteiger partial charge in [0.05, 0.1) is 6.10 Å². The van der Waals surface area contributed by atoms with E-state index in [4.69, 9.17) is 5.11 Å². The summed E-state index contributed by atoms with van der Waals surface area (Å²) in [7, 11) is 0. The molecule has 0 saturated heterocycles. The summed E-state index contributed by atoms with van der Waals surface area (Å²) in [6.45, 7) is 3.06. The second-order valence-corrected chi connectivity index (χ2v) is 4.43. The summed E-state index contributed by atoms with van der Waals surface area (Å²) in [4.78, 5) is 11.9. The number of carbonyl (C=O) groups is 1. The Morgan fingerprint density at radius 1 is 1.60 bits per heavy atom.